The molecule has 1 fully saturated rings. The number of rotatable bonds is 6. The molecule has 3 aromatic rings. The maximum Gasteiger partial charge on any atom is 0.324 e. The van der Waals surface area contributed by atoms with Crippen LogP contribution >= 0.6 is 0 Å². The van der Waals surface area contributed by atoms with Crippen LogP contribution in [0, 0.1) is 5.92 Å². The SMILES string of the molecule is COCc1noc(N2CCC(Cn3nc(-n4cccn4)ccc3=O)CC2)n1. The van der Waals surface area contributed by atoms with Crippen LogP contribution in [0.4, 0.5) is 6.01 Å². The van der Waals surface area contributed by atoms with E-state index in [9.17, 15) is 4.79 Å². The summed E-state index contributed by atoms with van der Waals surface area (Å²) >= 11 is 0. The minimum Gasteiger partial charge on any atom is -0.377 e. The quantitative estimate of drug-likeness (QED) is 0.629. The first-order chi connectivity index (χ1) is 13.2. The lowest BCUT2D eigenvalue weighted by atomic mass is 9.97. The molecule has 4 rings (SSSR count). The van der Waals surface area contributed by atoms with E-state index in [0.29, 0.717) is 36.7 Å². The number of piperidine rings is 1. The molecule has 0 saturated carbocycles. The standard InChI is InChI=1S/C17H21N7O3/c1-26-12-14-19-17(27-21-14)22-9-5-13(6-10-22)11-24-16(25)4-3-15(20-24)23-8-2-7-18-23/h2-4,7-8,13H,5-6,9-12H2,1H3. The van der Waals surface area contributed by atoms with Gasteiger partial charge in [-0.15, -0.1) is 5.10 Å². The molecule has 27 heavy (non-hydrogen) atoms. The molecule has 1 aliphatic rings. The molecule has 0 aliphatic carbocycles. The Morgan fingerprint density at radius 2 is 2.15 bits per heavy atom. The van der Waals surface area contributed by atoms with Crippen LogP contribution in [0.1, 0.15) is 18.7 Å². The van der Waals surface area contributed by atoms with Crippen molar-refractivity contribution in [3.05, 3.63) is 46.8 Å². The minimum atomic E-state index is -0.102. The summed E-state index contributed by atoms with van der Waals surface area (Å²) in [5.41, 5.74) is -0.102. The molecule has 1 aliphatic heterocycles. The summed E-state index contributed by atoms with van der Waals surface area (Å²) in [4.78, 5) is 18.6. The third kappa shape index (κ3) is 3.90. The first-order valence-corrected chi connectivity index (χ1v) is 8.87. The summed E-state index contributed by atoms with van der Waals surface area (Å²) in [5, 5.41) is 12.5. The maximum absolute atomic E-state index is 12.2. The molecule has 3 aromatic heterocycles. The lowest BCUT2D eigenvalue weighted by molar-refractivity contribution is 0.174. The molecular formula is C17H21N7O3. The Morgan fingerprint density at radius 3 is 2.89 bits per heavy atom. The number of aromatic nitrogens is 6. The second-order valence-electron chi connectivity index (χ2n) is 6.52. The Labute approximate surface area is 155 Å². The van der Waals surface area contributed by atoms with Crippen molar-refractivity contribution >= 4 is 6.01 Å². The van der Waals surface area contributed by atoms with Crippen LogP contribution in [0.25, 0.3) is 5.82 Å². The van der Waals surface area contributed by atoms with Gasteiger partial charge in [0, 0.05) is 45.2 Å². The summed E-state index contributed by atoms with van der Waals surface area (Å²) in [6.07, 6.45) is 5.32. The van der Waals surface area contributed by atoms with Gasteiger partial charge in [-0.3, -0.25) is 4.79 Å². The van der Waals surface area contributed by atoms with Crippen molar-refractivity contribution in [2.24, 2.45) is 5.92 Å². The van der Waals surface area contributed by atoms with E-state index in [2.05, 4.69) is 25.2 Å². The largest absolute Gasteiger partial charge is 0.377 e. The van der Waals surface area contributed by atoms with Gasteiger partial charge in [-0.05, 0) is 30.9 Å². The highest BCUT2D eigenvalue weighted by molar-refractivity contribution is 5.25. The van der Waals surface area contributed by atoms with Gasteiger partial charge in [0.05, 0.1) is 0 Å². The second-order valence-corrected chi connectivity index (χ2v) is 6.52. The number of methoxy groups -OCH3 is 1. The van der Waals surface area contributed by atoms with Gasteiger partial charge < -0.3 is 14.2 Å². The average molecular weight is 371 g/mol. The molecule has 142 valence electrons. The lowest BCUT2D eigenvalue weighted by Gasteiger charge is -2.30. The second kappa shape index (κ2) is 7.70. The molecule has 0 aromatic carbocycles. The molecule has 0 unspecified atom stereocenters. The fourth-order valence-electron chi connectivity index (χ4n) is 3.21. The van der Waals surface area contributed by atoms with Gasteiger partial charge in [0.1, 0.15) is 6.61 Å². The van der Waals surface area contributed by atoms with Gasteiger partial charge in [-0.25, -0.2) is 9.36 Å². The van der Waals surface area contributed by atoms with Crippen molar-refractivity contribution in [2.75, 3.05) is 25.1 Å². The number of hydrogen-bond donors (Lipinski definition) is 0. The highest BCUT2D eigenvalue weighted by Crippen LogP contribution is 2.23. The van der Waals surface area contributed by atoms with Crippen LogP contribution in [-0.2, 0) is 17.9 Å². The van der Waals surface area contributed by atoms with E-state index in [1.807, 2.05) is 6.07 Å². The van der Waals surface area contributed by atoms with Crippen LogP contribution in [0.2, 0.25) is 0 Å². The maximum atomic E-state index is 12.2. The summed E-state index contributed by atoms with van der Waals surface area (Å²) in [6.45, 7) is 2.52. The molecule has 0 atom stereocenters. The third-order valence-electron chi connectivity index (χ3n) is 4.64. The number of anilines is 1. The molecule has 1 saturated heterocycles. The van der Waals surface area contributed by atoms with E-state index in [1.54, 1.807) is 30.3 Å². The predicted octanol–water partition coefficient (Wildman–Crippen LogP) is 0.875. The van der Waals surface area contributed by atoms with Crippen LogP contribution in [0.5, 0.6) is 0 Å². The Kier molecular flexibility index (Phi) is 4.97. The molecule has 0 amide bonds. The monoisotopic (exact) mass is 371 g/mol. The summed E-state index contributed by atoms with van der Waals surface area (Å²) < 4.78 is 13.5. The number of ether oxygens (including phenoxy) is 1. The normalized spacial score (nSPS) is 15.4. The molecule has 0 radical (unpaired) electrons. The fraction of sp³-hybridized carbons (Fsp3) is 0.471. The van der Waals surface area contributed by atoms with Crippen molar-refractivity contribution in [3.8, 4) is 5.82 Å². The highest BCUT2D eigenvalue weighted by Gasteiger charge is 2.24. The number of hydrogen-bond acceptors (Lipinski definition) is 8. The Balaban J connectivity index is 1.39. The van der Waals surface area contributed by atoms with Crippen molar-refractivity contribution in [3.63, 3.8) is 0 Å². The lowest BCUT2D eigenvalue weighted by Crippen LogP contribution is -2.37. The molecule has 4 heterocycles. The zero-order valence-corrected chi connectivity index (χ0v) is 15.1. The van der Waals surface area contributed by atoms with Crippen molar-refractivity contribution < 1.29 is 9.26 Å². The van der Waals surface area contributed by atoms with Crippen LogP contribution in [0.3, 0.4) is 0 Å². The van der Waals surface area contributed by atoms with Gasteiger partial charge >= 0.3 is 6.01 Å². The van der Waals surface area contributed by atoms with Crippen molar-refractivity contribution in [1.82, 2.24) is 29.7 Å². The van der Waals surface area contributed by atoms with Crippen molar-refractivity contribution in [2.45, 2.75) is 26.0 Å². The van der Waals surface area contributed by atoms with Crippen molar-refractivity contribution in [1.29, 1.82) is 0 Å². The van der Waals surface area contributed by atoms with E-state index in [4.69, 9.17) is 9.26 Å². The molecular weight excluding hydrogens is 350 g/mol. The van der Waals surface area contributed by atoms with Gasteiger partial charge in [0.2, 0.25) is 0 Å². The fourth-order valence-corrected chi connectivity index (χ4v) is 3.21. The molecule has 10 heteroatoms. The summed E-state index contributed by atoms with van der Waals surface area (Å²) in [5.74, 6) is 1.54. The highest BCUT2D eigenvalue weighted by atomic mass is 16.5. The Morgan fingerprint density at radius 1 is 1.30 bits per heavy atom. The van der Waals surface area contributed by atoms with E-state index >= 15 is 0 Å². The molecule has 10 nitrogen and oxygen atoms in total. The van der Waals surface area contributed by atoms with Gasteiger partial charge in [0.15, 0.2) is 11.6 Å². The van der Waals surface area contributed by atoms with Gasteiger partial charge in [0.25, 0.3) is 5.56 Å². The van der Waals surface area contributed by atoms with Crippen LogP contribution < -0.4 is 10.5 Å². The minimum absolute atomic E-state index is 0.102. The van der Waals surface area contributed by atoms with E-state index in [-0.39, 0.29) is 5.56 Å². The van der Waals surface area contributed by atoms with E-state index < -0.39 is 0 Å². The Hall–Kier alpha value is -3.01. The first-order valence-electron chi connectivity index (χ1n) is 8.87. The third-order valence-corrected chi connectivity index (χ3v) is 4.64. The Bertz CT molecular complexity index is 926. The topological polar surface area (TPSA) is 104 Å². The zero-order valence-electron chi connectivity index (χ0n) is 15.1. The molecule has 0 bridgehead atoms. The smallest absolute Gasteiger partial charge is 0.324 e. The number of nitrogens with zero attached hydrogens (tertiary/aromatic N) is 7. The van der Waals surface area contributed by atoms with E-state index in [0.717, 1.165) is 25.9 Å². The zero-order chi connectivity index (χ0) is 18.6. The molecule has 0 N–H and O–H groups in total. The van der Waals surface area contributed by atoms with Gasteiger partial charge in [-0.2, -0.15) is 10.1 Å². The molecule has 0 spiro atoms. The van der Waals surface area contributed by atoms with Crippen LogP contribution in [0.15, 0.2) is 39.9 Å². The van der Waals surface area contributed by atoms with Gasteiger partial charge in [-0.1, -0.05) is 5.16 Å². The van der Waals surface area contributed by atoms with E-state index in [1.165, 1.54) is 10.7 Å². The first kappa shape index (κ1) is 17.4. The summed E-state index contributed by atoms with van der Waals surface area (Å²) in [6, 6.07) is 5.57. The summed E-state index contributed by atoms with van der Waals surface area (Å²) in [7, 11) is 1.60. The predicted molar refractivity (Wildman–Crippen MR) is 95.6 cm³/mol. The van der Waals surface area contributed by atoms with Crippen LogP contribution in [-0.4, -0.2) is 49.9 Å². The average Bonchev–Trinajstić information content (AvgIpc) is 3.37.